The number of carbonyl (C=O) groups excluding carboxylic acids is 3. The van der Waals surface area contributed by atoms with Crippen LogP contribution in [0.2, 0.25) is 0 Å². The van der Waals surface area contributed by atoms with Gasteiger partial charge >= 0.3 is 6.03 Å². The standard InChI is InChI=1S/C17H20FN3O3/c1-11(12-4-6-13(18)7-5-12)19-14(22)10-21-15(23)17(20-16(21)24)8-2-3-9-17/h4-7,11H,2-3,8-10H2,1H3,(H,19,22)(H,20,24)/t11-/m0/s1. The number of imide groups is 1. The van der Waals surface area contributed by atoms with Gasteiger partial charge in [0.2, 0.25) is 5.91 Å². The van der Waals surface area contributed by atoms with Crippen LogP contribution in [-0.2, 0) is 9.59 Å². The van der Waals surface area contributed by atoms with Gasteiger partial charge in [0.15, 0.2) is 0 Å². The number of carbonyl (C=O) groups is 3. The van der Waals surface area contributed by atoms with E-state index in [1.54, 1.807) is 19.1 Å². The molecular formula is C17H20FN3O3. The van der Waals surface area contributed by atoms with Crippen molar-refractivity contribution in [2.75, 3.05) is 6.54 Å². The topological polar surface area (TPSA) is 78.5 Å². The lowest BCUT2D eigenvalue weighted by Crippen LogP contribution is -2.45. The second-order valence-corrected chi connectivity index (χ2v) is 6.45. The molecule has 6 nitrogen and oxygen atoms in total. The Hall–Kier alpha value is -2.44. The van der Waals surface area contributed by atoms with Gasteiger partial charge in [0.1, 0.15) is 17.9 Å². The van der Waals surface area contributed by atoms with Crippen LogP contribution in [-0.4, -0.2) is 34.8 Å². The van der Waals surface area contributed by atoms with Crippen LogP contribution in [0.25, 0.3) is 0 Å². The summed E-state index contributed by atoms with van der Waals surface area (Å²) >= 11 is 0. The lowest BCUT2D eigenvalue weighted by atomic mass is 9.98. The van der Waals surface area contributed by atoms with Crippen molar-refractivity contribution in [3.8, 4) is 0 Å². The molecule has 1 saturated heterocycles. The zero-order chi connectivity index (χ0) is 17.3. The second kappa shape index (κ2) is 6.22. The third-order valence-corrected chi connectivity index (χ3v) is 4.75. The Morgan fingerprint density at radius 3 is 2.54 bits per heavy atom. The Labute approximate surface area is 139 Å². The molecule has 7 heteroatoms. The molecule has 0 bridgehead atoms. The van der Waals surface area contributed by atoms with E-state index in [9.17, 15) is 18.8 Å². The summed E-state index contributed by atoms with van der Waals surface area (Å²) in [5, 5.41) is 5.47. The molecule has 4 amide bonds. The van der Waals surface area contributed by atoms with Gasteiger partial charge in [0.25, 0.3) is 5.91 Å². The van der Waals surface area contributed by atoms with Crippen LogP contribution >= 0.6 is 0 Å². The SMILES string of the molecule is C[C@H](NC(=O)CN1C(=O)NC2(CCCC2)C1=O)c1ccc(F)cc1. The summed E-state index contributed by atoms with van der Waals surface area (Å²) in [6, 6.07) is 4.95. The lowest BCUT2D eigenvalue weighted by Gasteiger charge is -2.20. The first-order chi connectivity index (χ1) is 11.4. The highest BCUT2D eigenvalue weighted by Crippen LogP contribution is 2.34. The van der Waals surface area contributed by atoms with Crippen molar-refractivity contribution in [1.82, 2.24) is 15.5 Å². The van der Waals surface area contributed by atoms with Gasteiger partial charge in [-0.15, -0.1) is 0 Å². The first kappa shape index (κ1) is 16.4. The molecule has 0 aromatic heterocycles. The molecule has 24 heavy (non-hydrogen) atoms. The zero-order valence-corrected chi connectivity index (χ0v) is 13.5. The molecule has 1 heterocycles. The third-order valence-electron chi connectivity index (χ3n) is 4.75. The van der Waals surface area contributed by atoms with Gasteiger partial charge in [-0.05, 0) is 37.5 Å². The molecule has 128 valence electrons. The Morgan fingerprint density at radius 1 is 1.29 bits per heavy atom. The van der Waals surface area contributed by atoms with Gasteiger partial charge in [0.05, 0.1) is 6.04 Å². The van der Waals surface area contributed by atoms with E-state index in [1.807, 2.05) is 0 Å². The molecular weight excluding hydrogens is 313 g/mol. The van der Waals surface area contributed by atoms with E-state index < -0.39 is 17.5 Å². The van der Waals surface area contributed by atoms with Crippen molar-refractivity contribution in [3.63, 3.8) is 0 Å². The number of rotatable bonds is 4. The third kappa shape index (κ3) is 2.98. The van der Waals surface area contributed by atoms with E-state index in [4.69, 9.17) is 0 Å². The van der Waals surface area contributed by atoms with E-state index >= 15 is 0 Å². The second-order valence-electron chi connectivity index (χ2n) is 6.45. The fraction of sp³-hybridized carbons (Fsp3) is 0.471. The minimum atomic E-state index is -0.806. The van der Waals surface area contributed by atoms with Gasteiger partial charge in [0, 0.05) is 0 Å². The number of halogens is 1. The number of nitrogens with one attached hydrogen (secondary N) is 2. The van der Waals surface area contributed by atoms with Crippen LogP contribution < -0.4 is 10.6 Å². The summed E-state index contributed by atoms with van der Waals surface area (Å²) < 4.78 is 12.9. The van der Waals surface area contributed by atoms with Crippen molar-refractivity contribution in [1.29, 1.82) is 0 Å². The van der Waals surface area contributed by atoms with Crippen LogP contribution in [0, 0.1) is 5.82 Å². The molecule has 1 saturated carbocycles. The summed E-state index contributed by atoms with van der Waals surface area (Å²) in [7, 11) is 0. The van der Waals surface area contributed by atoms with Gasteiger partial charge in [-0.1, -0.05) is 25.0 Å². The maximum Gasteiger partial charge on any atom is 0.325 e. The molecule has 3 rings (SSSR count). The minimum Gasteiger partial charge on any atom is -0.348 e. The van der Waals surface area contributed by atoms with Crippen molar-refractivity contribution >= 4 is 17.8 Å². The van der Waals surface area contributed by atoms with E-state index in [1.165, 1.54) is 12.1 Å². The molecule has 0 unspecified atom stereocenters. The summed E-state index contributed by atoms with van der Waals surface area (Å²) in [6.45, 7) is 1.45. The van der Waals surface area contributed by atoms with Crippen molar-refractivity contribution < 1.29 is 18.8 Å². The Balaban J connectivity index is 1.61. The highest BCUT2D eigenvalue weighted by molar-refractivity contribution is 6.09. The molecule has 1 aromatic rings. The molecule has 2 aliphatic rings. The molecule has 2 N–H and O–H groups in total. The summed E-state index contributed by atoms with van der Waals surface area (Å²) in [4.78, 5) is 37.7. The number of amides is 4. The van der Waals surface area contributed by atoms with E-state index in [0.29, 0.717) is 12.8 Å². The molecule has 1 aliphatic heterocycles. The van der Waals surface area contributed by atoms with E-state index in [0.717, 1.165) is 23.3 Å². The highest BCUT2D eigenvalue weighted by Gasteiger charge is 2.52. The molecule has 1 aromatic carbocycles. The van der Waals surface area contributed by atoms with Gasteiger partial charge in [-0.25, -0.2) is 9.18 Å². The van der Waals surface area contributed by atoms with Gasteiger partial charge < -0.3 is 10.6 Å². The summed E-state index contributed by atoms with van der Waals surface area (Å²) in [6.07, 6.45) is 3.05. The highest BCUT2D eigenvalue weighted by atomic mass is 19.1. The number of benzene rings is 1. The Kier molecular flexibility index (Phi) is 4.26. The zero-order valence-electron chi connectivity index (χ0n) is 13.5. The van der Waals surface area contributed by atoms with Crippen LogP contribution in [0.5, 0.6) is 0 Å². The van der Waals surface area contributed by atoms with Crippen LogP contribution in [0.3, 0.4) is 0 Å². The predicted molar refractivity (Wildman–Crippen MR) is 84.4 cm³/mol. The van der Waals surface area contributed by atoms with Gasteiger partial charge in [-0.3, -0.25) is 14.5 Å². The number of urea groups is 1. The number of hydrogen-bond donors (Lipinski definition) is 2. The smallest absolute Gasteiger partial charge is 0.325 e. The average Bonchev–Trinajstić information content (AvgIpc) is 3.09. The number of nitrogens with zero attached hydrogens (tertiary/aromatic N) is 1. The van der Waals surface area contributed by atoms with Crippen LogP contribution in [0.15, 0.2) is 24.3 Å². The fourth-order valence-electron chi connectivity index (χ4n) is 3.40. The first-order valence-corrected chi connectivity index (χ1v) is 8.10. The molecule has 1 atom stereocenters. The summed E-state index contributed by atoms with van der Waals surface area (Å²) in [5.74, 6) is -1.08. The average molecular weight is 333 g/mol. The van der Waals surface area contributed by atoms with Crippen LogP contribution in [0.4, 0.5) is 9.18 Å². The Morgan fingerprint density at radius 2 is 1.92 bits per heavy atom. The normalized spacial score (nSPS) is 20.3. The van der Waals surface area contributed by atoms with Gasteiger partial charge in [-0.2, -0.15) is 0 Å². The quantitative estimate of drug-likeness (QED) is 0.826. The maximum atomic E-state index is 12.9. The van der Waals surface area contributed by atoms with E-state index in [2.05, 4.69) is 10.6 Å². The fourth-order valence-corrected chi connectivity index (χ4v) is 3.40. The molecule has 1 aliphatic carbocycles. The minimum absolute atomic E-state index is 0.308. The van der Waals surface area contributed by atoms with Crippen molar-refractivity contribution in [2.45, 2.75) is 44.2 Å². The Bertz CT molecular complexity index is 668. The molecule has 0 radical (unpaired) electrons. The monoisotopic (exact) mass is 333 g/mol. The lowest BCUT2D eigenvalue weighted by molar-refractivity contribution is -0.135. The largest absolute Gasteiger partial charge is 0.348 e. The predicted octanol–water partition coefficient (Wildman–Crippen LogP) is 1.87. The van der Waals surface area contributed by atoms with Crippen LogP contribution in [0.1, 0.15) is 44.2 Å². The first-order valence-electron chi connectivity index (χ1n) is 8.10. The van der Waals surface area contributed by atoms with Crippen molar-refractivity contribution in [2.24, 2.45) is 0 Å². The van der Waals surface area contributed by atoms with Crippen molar-refractivity contribution in [3.05, 3.63) is 35.6 Å². The number of hydrogen-bond acceptors (Lipinski definition) is 3. The maximum absolute atomic E-state index is 12.9. The molecule has 1 spiro atoms. The van der Waals surface area contributed by atoms with E-state index in [-0.39, 0.29) is 24.3 Å². The molecule has 2 fully saturated rings. The summed E-state index contributed by atoms with van der Waals surface area (Å²) in [5.41, 5.74) is -0.0610.